The van der Waals surface area contributed by atoms with Crippen molar-refractivity contribution in [3.63, 3.8) is 0 Å². The minimum absolute atomic E-state index is 0.203. The summed E-state index contributed by atoms with van der Waals surface area (Å²) in [6.45, 7) is 7.13. The SMILES string of the molecule is CCOC(=O)CCCCC(=O)OCCN1CCCN=C1C. The van der Waals surface area contributed by atoms with Crippen molar-refractivity contribution in [3.05, 3.63) is 0 Å². The summed E-state index contributed by atoms with van der Waals surface area (Å²) in [7, 11) is 0. The zero-order chi connectivity index (χ0) is 15.5. The molecule has 0 N–H and O–H groups in total. The summed E-state index contributed by atoms with van der Waals surface area (Å²) in [5.41, 5.74) is 0. The van der Waals surface area contributed by atoms with Crippen LogP contribution in [0, 0.1) is 0 Å². The number of rotatable bonds is 9. The predicted molar refractivity (Wildman–Crippen MR) is 80.2 cm³/mol. The van der Waals surface area contributed by atoms with Gasteiger partial charge < -0.3 is 14.4 Å². The van der Waals surface area contributed by atoms with Gasteiger partial charge in [0.1, 0.15) is 6.61 Å². The molecule has 1 rings (SSSR count). The largest absolute Gasteiger partial charge is 0.466 e. The number of aliphatic imine (C=N–C) groups is 1. The number of amidine groups is 1. The van der Waals surface area contributed by atoms with Gasteiger partial charge >= 0.3 is 11.9 Å². The molecule has 0 fully saturated rings. The average molecular weight is 298 g/mol. The molecular weight excluding hydrogens is 272 g/mol. The van der Waals surface area contributed by atoms with Crippen LogP contribution in [0.1, 0.15) is 46.0 Å². The molecule has 0 bridgehead atoms. The second-order valence-corrected chi connectivity index (χ2v) is 5.00. The maximum atomic E-state index is 11.5. The number of unbranched alkanes of at least 4 members (excludes halogenated alkanes) is 1. The summed E-state index contributed by atoms with van der Waals surface area (Å²) in [4.78, 5) is 29.2. The van der Waals surface area contributed by atoms with Crippen molar-refractivity contribution in [1.82, 2.24) is 4.90 Å². The fraction of sp³-hybridized carbons (Fsp3) is 0.800. The Bertz CT molecular complexity index is 369. The van der Waals surface area contributed by atoms with Crippen molar-refractivity contribution in [2.45, 2.75) is 46.0 Å². The van der Waals surface area contributed by atoms with Crippen LogP contribution in [0.4, 0.5) is 0 Å². The van der Waals surface area contributed by atoms with Gasteiger partial charge in [-0.2, -0.15) is 0 Å². The molecule has 6 nitrogen and oxygen atoms in total. The Labute approximate surface area is 126 Å². The lowest BCUT2D eigenvalue weighted by molar-refractivity contribution is -0.145. The van der Waals surface area contributed by atoms with E-state index in [0.717, 1.165) is 25.3 Å². The normalized spacial score (nSPS) is 14.6. The molecule has 0 spiro atoms. The van der Waals surface area contributed by atoms with E-state index in [2.05, 4.69) is 9.89 Å². The van der Waals surface area contributed by atoms with E-state index in [1.807, 2.05) is 6.92 Å². The molecule has 0 atom stereocenters. The Balaban J connectivity index is 2.02. The molecule has 0 aromatic heterocycles. The molecule has 0 saturated carbocycles. The minimum atomic E-state index is -0.203. The third kappa shape index (κ3) is 7.68. The van der Waals surface area contributed by atoms with Crippen LogP contribution in [0.3, 0.4) is 0 Å². The van der Waals surface area contributed by atoms with Gasteiger partial charge in [0.15, 0.2) is 0 Å². The van der Waals surface area contributed by atoms with Crippen molar-refractivity contribution in [2.75, 3.05) is 32.8 Å². The van der Waals surface area contributed by atoms with Crippen molar-refractivity contribution >= 4 is 17.8 Å². The van der Waals surface area contributed by atoms with Gasteiger partial charge in [0.25, 0.3) is 0 Å². The number of nitrogens with zero attached hydrogens (tertiary/aromatic N) is 2. The first-order chi connectivity index (χ1) is 10.1. The van der Waals surface area contributed by atoms with E-state index in [1.165, 1.54) is 0 Å². The quantitative estimate of drug-likeness (QED) is 0.479. The predicted octanol–water partition coefficient (Wildman–Crippen LogP) is 1.78. The van der Waals surface area contributed by atoms with Crippen LogP contribution >= 0.6 is 0 Å². The number of ether oxygens (including phenoxy) is 2. The standard InChI is InChI=1S/C15H26N2O4/c1-3-20-14(18)7-4-5-8-15(19)21-12-11-17-10-6-9-16-13(17)2/h3-12H2,1-2H3. The van der Waals surface area contributed by atoms with Gasteiger partial charge in [0, 0.05) is 25.9 Å². The van der Waals surface area contributed by atoms with Crippen LogP contribution in [-0.4, -0.2) is 55.5 Å². The van der Waals surface area contributed by atoms with Gasteiger partial charge in [-0.25, -0.2) is 0 Å². The van der Waals surface area contributed by atoms with Crippen molar-refractivity contribution < 1.29 is 19.1 Å². The molecular formula is C15H26N2O4. The maximum absolute atomic E-state index is 11.5. The van der Waals surface area contributed by atoms with Gasteiger partial charge in [0.2, 0.25) is 0 Å². The van der Waals surface area contributed by atoms with E-state index in [-0.39, 0.29) is 11.9 Å². The fourth-order valence-corrected chi connectivity index (χ4v) is 2.15. The van der Waals surface area contributed by atoms with Crippen molar-refractivity contribution in [3.8, 4) is 0 Å². The molecule has 6 heteroatoms. The van der Waals surface area contributed by atoms with Crippen LogP contribution in [0.15, 0.2) is 4.99 Å². The number of esters is 2. The highest BCUT2D eigenvalue weighted by Gasteiger charge is 2.11. The average Bonchev–Trinajstić information content (AvgIpc) is 2.46. The van der Waals surface area contributed by atoms with E-state index in [1.54, 1.807) is 6.92 Å². The zero-order valence-corrected chi connectivity index (χ0v) is 13.1. The lowest BCUT2D eigenvalue weighted by Gasteiger charge is -2.27. The number of carbonyl (C=O) groups is 2. The molecule has 21 heavy (non-hydrogen) atoms. The van der Waals surface area contributed by atoms with Gasteiger partial charge in [-0.1, -0.05) is 0 Å². The molecule has 0 amide bonds. The molecule has 0 saturated heterocycles. The van der Waals surface area contributed by atoms with E-state index < -0.39 is 0 Å². The van der Waals surface area contributed by atoms with E-state index >= 15 is 0 Å². The summed E-state index contributed by atoms with van der Waals surface area (Å²) >= 11 is 0. The first-order valence-corrected chi connectivity index (χ1v) is 7.70. The third-order valence-electron chi connectivity index (χ3n) is 3.33. The lowest BCUT2D eigenvalue weighted by atomic mass is 10.2. The molecule has 0 radical (unpaired) electrons. The smallest absolute Gasteiger partial charge is 0.305 e. The first kappa shape index (κ1) is 17.5. The molecule has 1 heterocycles. The van der Waals surface area contributed by atoms with E-state index in [4.69, 9.17) is 9.47 Å². The van der Waals surface area contributed by atoms with Crippen molar-refractivity contribution in [1.29, 1.82) is 0 Å². The highest BCUT2D eigenvalue weighted by atomic mass is 16.5. The molecule has 1 aliphatic heterocycles. The third-order valence-corrected chi connectivity index (χ3v) is 3.33. The van der Waals surface area contributed by atoms with E-state index in [0.29, 0.717) is 45.4 Å². The number of hydrogen-bond donors (Lipinski definition) is 0. The molecule has 0 aromatic carbocycles. The Kier molecular flexibility index (Phi) is 8.47. The lowest BCUT2D eigenvalue weighted by Crippen LogP contribution is -2.36. The first-order valence-electron chi connectivity index (χ1n) is 7.70. The van der Waals surface area contributed by atoms with Crippen LogP contribution in [0.5, 0.6) is 0 Å². The zero-order valence-electron chi connectivity index (χ0n) is 13.1. The second kappa shape index (κ2) is 10.2. The van der Waals surface area contributed by atoms with Gasteiger partial charge in [0.05, 0.1) is 19.0 Å². The molecule has 1 aliphatic rings. The Hall–Kier alpha value is -1.59. The highest BCUT2D eigenvalue weighted by molar-refractivity contribution is 5.80. The van der Waals surface area contributed by atoms with Crippen molar-refractivity contribution in [2.24, 2.45) is 4.99 Å². The van der Waals surface area contributed by atoms with Gasteiger partial charge in [-0.3, -0.25) is 14.6 Å². The Morgan fingerprint density at radius 2 is 1.86 bits per heavy atom. The van der Waals surface area contributed by atoms with E-state index in [9.17, 15) is 9.59 Å². The maximum Gasteiger partial charge on any atom is 0.305 e. The topological polar surface area (TPSA) is 68.2 Å². The fourth-order valence-electron chi connectivity index (χ4n) is 2.15. The van der Waals surface area contributed by atoms with Crippen LogP contribution in [0.25, 0.3) is 0 Å². The Morgan fingerprint density at radius 1 is 1.19 bits per heavy atom. The van der Waals surface area contributed by atoms with Crippen LogP contribution in [-0.2, 0) is 19.1 Å². The summed E-state index contributed by atoms with van der Waals surface area (Å²) in [6, 6.07) is 0. The summed E-state index contributed by atoms with van der Waals surface area (Å²) in [6.07, 6.45) is 3.09. The Morgan fingerprint density at radius 3 is 2.48 bits per heavy atom. The highest BCUT2D eigenvalue weighted by Crippen LogP contribution is 2.04. The molecule has 0 aliphatic carbocycles. The van der Waals surface area contributed by atoms with Gasteiger partial charge in [-0.15, -0.1) is 0 Å². The summed E-state index contributed by atoms with van der Waals surface area (Å²) in [5.74, 6) is 0.614. The van der Waals surface area contributed by atoms with Crippen LogP contribution < -0.4 is 0 Å². The van der Waals surface area contributed by atoms with Crippen LogP contribution in [0.2, 0.25) is 0 Å². The second-order valence-electron chi connectivity index (χ2n) is 5.00. The molecule has 0 unspecified atom stereocenters. The van der Waals surface area contributed by atoms with Gasteiger partial charge in [-0.05, 0) is 33.1 Å². The monoisotopic (exact) mass is 298 g/mol. The minimum Gasteiger partial charge on any atom is -0.466 e. The summed E-state index contributed by atoms with van der Waals surface area (Å²) < 4.78 is 10.0. The molecule has 120 valence electrons. The number of hydrogen-bond acceptors (Lipinski definition) is 6. The molecule has 0 aromatic rings. The summed E-state index contributed by atoms with van der Waals surface area (Å²) in [5, 5.41) is 0. The number of carbonyl (C=O) groups excluding carboxylic acids is 2.